The predicted molar refractivity (Wildman–Crippen MR) is 116 cm³/mol. The first kappa shape index (κ1) is 19.5. The van der Waals surface area contributed by atoms with Gasteiger partial charge in [0.1, 0.15) is 0 Å². The quantitative estimate of drug-likeness (QED) is 0.818. The zero-order valence-electron chi connectivity index (χ0n) is 16.8. The fourth-order valence-electron chi connectivity index (χ4n) is 4.10. The van der Waals surface area contributed by atoms with Crippen molar-refractivity contribution < 1.29 is 9.90 Å². The van der Waals surface area contributed by atoms with Gasteiger partial charge in [-0.15, -0.1) is 0 Å². The Kier molecular flexibility index (Phi) is 5.53. The monoisotopic (exact) mass is 392 g/mol. The van der Waals surface area contributed by atoms with Crippen LogP contribution in [0, 0.1) is 0 Å². The van der Waals surface area contributed by atoms with E-state index >= 15 is 0 Å². The van der Waals surface area contributed by atoms with Gasteiger partial charge in [-0.1, -0.05) is 18.2 Å². The second-order valence-corrected chi connectivity index (χ2v) is 8.05. The molecule has 0 aliphatic carbocycles. The SMILES string of the molecule is CN1N=CCC1CC1(O)CCN(C(=O)c2ccc(Nc3ccccc3)cc2)CC1. The molecule has 0 aromatic heterocycles. The first-order valence-corrected chi connectivity index (χ1v) is 10.2. The molecule has 29 heavy (non-hydrogen) atoms. The second kappa shape index (κ2) is 8.25. The molecule has 0 spiro atoms. The molecule has 2 aliphatic heterocycles. The summed E-state index contributed by atoms with van der Waals surface area (Å²) in [5, 5.41) is 20.5. The summed E-state index contributed by atoms with van der Waals surface area (Å²) in [4.78, 5) is 14.7. The number of piperidine rings is 1. The number of para-hydroxylation sites is 1. The van der Waals surface area contributed by atoms with Crippen molar-refractivity contribution in [2.24, 2.45) is 5.10 Å². The maximum atomic E-state index is 12.9. The molecule has 4 rings (SSSR count). The second-order valence-electron chi connectivity index (χ2n) is 8.05. The summed E-state index contributed by atoms with van der Waals surface area (Å²) >= 11 is 0. The van der Waals surface area contributed by atoms with Gasteiger partial charge >= 0.3 is 0 Å². The molecule has 1 fully saturated rings. The molecule has 0 bridgehead atoms. The minimum Gasteiger partial charge on any atom is -0.390 e. The topological polar surface area (TPSA) is 68.2 Å². The van der Waals surface area contributed by atoms with Crippen LogP contribution in [-0.4, -0.2) is 58.9 Å². The summed E-state index contributed by atoms with van der Waals surface area (Å²) in [5.74, 6) is 0.0274. The van der Waals surface area contributed by atoms with Crippen LogP contribution in [0.4, 0.5) is 11.4 Å². The molecule has 0 saturated carbocycles. The van der Waals surface area contributed by atoms with Crippen LogP contribution < -0.4 is 5.32 Å². The first-order chi connectivity index (χ1) is 14.0. The Balaban J connectivity index is 1.32. The van der Waals surface area contributed by atoms with E-state index in [0.717, 1.165) is 17.8 Å². The number of likely N-dealkylation sites (tertiary alicyclic amines) is 1. The number of anilines is 2. The number of nitrogens with zero attached hydrogens (tertiary/aromatic N) is 3. The van der Waals surface area contributed by atoms with Crippen LogP contribution in [0.15, 0.2) is 59.7 Å². The van der Waals surface area contributed by atoms with Crippen LogP contribution in [0.1, 0.15) is 36.0 Å². The van der Waals surface area contributed by atoms with Crippen molar-refractivity contribution >= 4 is 23.5 Å². The molecule has 2 heterocycles. The number of aliphatic hydroxyl groups is 1. The van der Waals surface area contributed by atoms with E-state index in [0.29, 0.717) is 37.9 Å². The maximum Gasteiger partial charge on any atom is 0.253 e. The van der Waals surface area contributed by atoms with Gasteiger partial charge in [0.25, 0.3) is 5.91 Å². The number of carbonyl (C=O) groups is 1. The third kappa shape index (κ3) is 4.59. The van der Waals surface area contributed by atoms with Gasteiger partial charge in [0, 0.05) is 49.7 Å². The molecule has 1 saturated heterocycles. The van der Waals surface area contributed by atoms with Gasteiger partial charge < -0.3 is 15.3 Å². The number of hydrogen-bond donors (Lipinski definition) is 2. The molecular formula is C23H28N4O2. The number of hydrazone groups is 1. The lowest BCUT2D eigenvalue weighted by molar-refractivity contribution is -0.0368. The van der Waals surface area contributed by atoms with E-state index in [1.165, 1.54) is 0 Å². The maximum absolute atomic E-state index is 12.9. The minimum absolute atomic E-state index is 0.0274. The predicted octanol–water partition coefficient (Wildman–Crippen LogP) is 3.48. The number of carbonyl (C=O) groups excluding carboxylic acids is 1. The number of amides is 1. The Bertz CT molecular complexity index is 858. The Hall–Kier alpha value is -2.86. The van der Waals surface area contributed by atoms with E-state index in [-0.39, 0.29) is 11.9 Å². The third-order valence-electron chi connectivity index (χ3n) is 5.96. The zero-order chi connectivity index (χ0) is 20.3. The van der Waals surface area contributed by atoms with E-state index in [9.17, 15) is 9.90 Å². The lowest BCUT2D eigenvalue weighted by atomic mass is 9.84. The van der Waals surface area contributed by atoms with Crippen molar-refractivity contribution in [3.05, 3.63) is 60.2 Å². The van der Waals surface area contributed by atoms with Crippen molar-refractivity contribution in [3.63, 3.8) is 0 Å². The number of rotatable bonds is 5. The Morgan fingerprint density at radius 2 is 1.76 bits per heavy atom. The summed E-state index contributed by atoms with van der Waals surface area (Å²) in [5.41, 5.74) is 1.93. The van der Waals surface area contributed by atoms with Gasteiger partial charge in [-0.25, -0.2) is 0 Å². The summed E-state index contributed by atoms with van der Waals surface area (Å²) in [7, 11) is 1.95. The molecular weight excluding hydrogens is 364 g/mol. The summed E-state index contributed by atoms with van der Waals surface area (Å²) < 4.78 is 0. The smallest absolute Gasteiger partial charge is 0.253 e. The molecule has 0 radical (unpaired) electrons. The molecule has 1 amide bonds. The van der Waals surface area contributed by atoms with Crippen molar-refractivity contribution in [3.8, 4) is 0 Å². The molecule has 152 valence electrons. The van der Waals surface area contributed by atoms with Crippen LogP contribution >= 0.6 is 0 Å². The van der Waals surface area contributed by atoms with E-state index in [2.05, 4.69) is 10.4 Å². The van der Waals surface area contributed by atoms with E-state index < -0.39 is 5.60 Å². The number of benzene rings is 2. The lowest BCUT2D eigenvalue weighted by Gasteiger charge is -2.40. The number of nitrogens with one attached hydrogen (secondary N) is 1. The van der Waals surface area contributed by atoms with Gasteiger partial charge in [0.15, 0.2) is 0 Å². The molecule has 2 N–H and O–H groups in total. The van der Waals surface area contributed by atoms with Crippen molar-refractivity contribution in [2.45, 2.75) is 37.3 Å². The minimum atomic E-state index is -0.715. The average Bonchev–Trinajstić information content (AvgIpc) is 3.13. The average molecular weight is 393 g/mol. The lowest BCUT2D eigenvalue weighted by Crippen LogP contribution is -2.49. The fraction of sp³-hybridized carbons (Fsp3) is 0.391. The summed E-state index contributed by atoms with van der Waals surface area (Å²) in [6.45, 7) is 1.16. The van der Waals surface area contributed by atoms with Gasteiger partial charge in [-0.05, 0) is 55.7 Å². The molecule has 2 aliphatic rings. The fourth-order valence-corrected chi connectivity index (χ4v) is 4.10. The Morgan fingerprint density at radius 3 is 2.38 bits per heavy atom. The Morgan fingerprint density at radius 1 is 1.10 bits per heavy atom. The molecule has 6 heteroatoms. The molecule has 6 nitrogen and oxygen atoms in total. The standard InChI is InChI=1S/C23H28N4O2/c1-26-21(11-14-24-26)17-23(29)12-15-27(16-13-23)22(28)18-7-9-20(10-8-18)25-19-5-3-2-4-6-19/h2-10,14,21,25,29H,11-13,15-17H2,1H3. The van der Waals surface area contributed by atoms with Gasteiger partial charge in [0.2, 0.25) is 0 Å². The largest absolute Gasteiger partial charge is 0.390 e. The van der Waals surface area contributed by atoms with Gasteiger partial charge in [0.05, 0.1) is 11.6 Å². The zero-order valence-corrected chi connectivity index (χ0v) is 16.8. The van der Waals surface area contributed by atoms with E-state index in [4.69, 9.17) is 0 Å². The van der Waals surface area contributed by atoms with Crippen LogP contribution in [0.2, 0.25) is 0 Å². The summed E-state index contributed by atoms with van der Waals surface area (Å²) in [6.07, 6.45) is 4.70. The summed E-state index contributed by atoms with van der Waals surface area (Å²) in [6, 6.07) is 17.8. The van der Waals surface area contributed by atoms with E-state index in [1.807, 2.05) is 77.8 Å². The Labute approximate surface area is 171 Å². The van der Waals surface area contributed by atoms with Crippen molar-refractivity contribution in [2.75, 3.05) is 25.5 Å². The normalized spacial score (nSPS) is 20.7. The molecule has 2 aromatic rings. The highest BCUT2D eigenvalue weighted by atomic mass is 16.3. The van der Waals surface area contributed by atoms with Crippen LogP contribution in [-0.2, 0) is 0 Å². The van der Waals surface area contributed by atoms with Crippen LogP contribution in [0.25, 0.3) is 0 Å². The molecule has 1 unspecified atom stereocenters. The van der Waals surface area contributed by atoms with Gasteiger partial charge in [-0.3, -0.25) is 9.80 Å². The van der Waals surface area contributed by atoms with Gasteiger partial charge in [-0.2, -0.15) is 5.10 Å². The van der Waals surface area contributed by atoms with Crippen LogP contribution in [0.3, 0.4) is 0 Å². The number of hydrogen-bond acceptors (Lipinski definition) is 5. The highest BCUT2D eigenvalue weighted by molar-refractivity contribution is 5.94. The van der Waals surface area contributed by atoms with E-state index in [1.54, 1.807) is 0 Å². The van der Waals surface area contributed by atoms with Crippen molar-refractivity contribution in [1.82, 2.24) is 9.91 Å². The highest BCUT2D eigenvalue weighted by Gasteiger charge is 2.37. The molecule has 1 atom stereocenters. The highest BCUT2D eigenvalue weighted by Crippen LogP contribution is 2.31. The first-order valence-electron chi connectivity index (χ1n) is 10.2. The van der Waals surface area contributed by atoms with Crippen LogP contribution in [0.5, 0.6) is 0 Å². The third-order valence-corrected chi connectivity index (χ3v) is 5.96. The molecule has 2 aromatic carbocycles. The van der Waals surface area contributed by atoms with Crippen molar-refractivity contribution in [1.29, 1.82) is 0 Å².